The molecule has 3 heterocycles. The van der Waals surface area contributed by atoms with Gasteiger partial charge in [-0.25, -0.2) is 18.7 Å². The lowest BCUT2D eigenvalue weighted by Gasteiger charge is -2.29. The number of hydrogen-bond acceptors (Lipinski definition) is 3. The van der Waals surface area contributed by atoms with Crippen LogP contribution in [0.5, 0.6) is 0 Å². The van der Waals surface area contributed by atoms with Crippen LogP contribution in [0.4, 0.5) is 4.39 Å². The summed E-state index contributed by atoms with van der Waals surface area (Å²) in [6, 6.07) is 1.85. The highest BCUT2D eigenvalue weighted by Crippen LogP contribution is 2.30. The van der Waals surface area contributed by atoms with Crippen LogP contribution >= 0.6 is 15.9 Å². The summed E-state index contributed by atoms with van der Waals surface area (Å²) < 4.78 is 24.5. The van der Waals surface area contributed by atoms with Gasteiger partial charge in [-0.05, 0) is 47.7 Å². The number of alkyl halides is 1. The van der Waals surface area contributed by atoms with Gasteiger partial charge in [0, 0.05) is 42.4 Å². The average Bonchev–Trinajstić information content (AvgIpc) is 2.87. The van der Waals surface area contributed by atoms with Gasteiger partial charge in [-0.2, -0.15) is 0 Å². The van der Waals surface area contributed by atoms with Gasteiger partial charge in [0.1, 0.15) is 5.67 Å². The van der Waals surface area contributed by atoms with Crippen molar-refractivity contribution >= 4 is 32.8 Å². The highest BCUT2D eigenvalue weighted by Gasteiger charge is 2.34. The summed E-state index contributed by atoms with van der Waals surface area (Å²) in [7, 11) is 0. The number of aromatic nitrogens is 3. The van der Waals surface area contributed by atoms with Crippen molar-refractivity contribution in [2.45, 2.75) is 50.7 Å². The molecule has 4 rings (SSSR count). The minimum absolute atomic E-state index is 0.0457. The summed E-state index contributed by atoms with van der Waals surface area (Å²) in [5, 5.41) is 0. The highest BCUT2D eigenvalue weighted by molar-refractivity contribution is 9.10. The van der Waals surface area contributed by atoms with Crippen LogP contribution in [0.25, 0.3) is 16.9 Å². The second kappa shape index (κ2) is 6.68. The summed E-state index contributed by atoms with van der Waals surface area (Å²) in [5.41, 5.74) is 0.656. The van der Waals surface area contributed by atoms with E-state index in [0.717, 1.165) is 35.9 Å². The zero-order valence-corrected chi connectivity index (χ0v) is 15.6. The van der Waals surface area contributed by atoms with E-state index < -0.39 is 5.67 Å². The topological polar surface area (TPSA) is 49.1 Å². The van der Waals surface area contributed by atoms with Crippen LogP contribution in [0, 0.1) is 0 Å². The summed E-state index contributed by atoms with van der Waals surface area (Å²) in [6.07, 6.45) is 8.45. The lowest BCUT2D eigenvalue weighted by molar-refractivity contribution is -0.0176. The quantitative estimate of drug-likeness (QED) is 0.772. The molecule has 1 fully saturated rings. The third kappa shape index (κ3) is 3.19. The first-order chi connectivity index (χ1) is 12.1. The Balaban J connectivity index is 1.85. The van der Waals surface area contributed by atoms with Crippen molar-refractivity contribution in [3.8, 4) is 0 Å². The molecule has 0 spiro atoms. The van der Waals surface area contributed by atoms with Crippen molar-refractivity contribution < 1.29 is 9.13 Å². The van der Waals surface area contributed by atoms with Gasteiger partial charge < -0.3 is 4.74 Å². The Hall–Kier alpha value is -1.47. The molecule has 0 amide bonds. The van der Waals surface area contributed by atoms with Crippen molar-refractivity contribution in [2.24, 2.45) is 0 Å². The van der Waals surface area contributed by atoms with Crippen LogP contribution in [0.3, 0.4) is 0 Å². The molecule has 0 saturated carbocycles. The van der Waals surface area contributed by atoms with Crippen LogP contribution in [-0.4, -0.2) is 33.0 Å². The van der Waals surface area contributed by atoms with Crippen LogP contribution in [0.15, 0.2) is 27.6 Å². The summed E-state index contributed by atoms with van der Waals surface area (Å²) in [4.78, 5) is 17.6. The van der Waals surface area contributed by atoms with E-state index in [2.05, 4.69) is 27.0 Å². The third-order valence-electron chi connectivity index (χ3n) is 5.12. The molecular formula is C18H21BrFN3O2. The molecule has 134 valence electrons. The van der Waals surface area contributed by atoms with Gasteiger partial charge in [0.2, 0.25) is 0 Å². The molecule has 2 aliphatic rings. The maximum atomic E-state index is 15.2. The molecule has 0 radical (unpaired) electrons. The van der Waals surface area contributed by atoms with E-state index in [1.54, 1.807) is 15.3 Å². The van der Waals surface area contributed by atoms with Crippen molar-refractivity contribution in [3.63, 3.8) is 0 Å². The predicted molar refractivity (Wildman–Crippen MR) is 98.3 cm³/mol. The van der Waals surface area contributed by atoms with Crippen LogP contribution < -0.4 is 5.69 Å². The smallest absolute Gasteiger partial charge is 0.334 e. The first-order valence-electron chi connectivity index (χ1n) is 8.80. The standard InChI is InChI=1S/C18H21BrFN3O2/c19-13-10-15-16(21-11-13)23(14-4-2-1-3-5-14)17(24)22(15)12-18(20)6-8-25-9-7-18/h4,10-11H,1-3,5-9,12H2. The molecule has 0 unspecified atom stereocenters. The molecule has 0 atom stereocenters. The molecule has 0 bridgehead atoms. The minimum atomic E-state index is -1.41. The Morgan fingerprint density at radius 1 is 1.32 bits per heavy atom. The van der Waals surface area contributed by atoms with E-state index >= 15 is 4.39 Å². The lowest BCUT2D eigenvalue weighted by atomic mass is 9.96. The number of pyridine rings is 1. The van der Waals surface area contributed by atoms with E-state index in [1.165, 1.54) is 0 Å². The van der Waals surface area contributed by atoms with Crippen LogP contribution in [0.1, 0.15) is 38.5 Å². The van der Waals surface area contributed by atoms with E-state index in [4.69, 9.17) is 4.74 Å². The summed E-state index contributed by atoms with van der Waals surface area (Å²) >= 11 is 3.42. The molecule has 0 N–H and O–H groups in total. The van der Waals surface area contributed by atoms with Gasteiger partial charge in [-0.1, -0.05) is 6.08 Å². The van der Waals surface area contributed by atoms with Crippen molar-refractivity contribution in [1.82, 2.24) is 14.1 Å². The Labute approximate surface area is 153 Å². The van der Waals surface area contributed by atoms with Crippen molar-refractivity contribution in [1.29, 1.82) is 0 Å². The molecular weight excluding hydrogens is 389 g/mol. The van der Waals surface area contributed by atoms with E-state index in [0.29, 0.717) is 37.2 Å². The van der Waals surface area contributed by atoms with Gasteiger partial charge in [-0.3, -0.25) is 4.57 Å². The van der Waals surface area contributed by atoms with Crippen molar-refractivity contribution in [2.75, 3.05) is 13.2 Å². The Bertz CT molecular complexity index is 880. The van der Waals surface area contributed by atoms with E-state index in [1.807, 2.05) is 6.07 Å². The maximum Gasteiger partial charge on any atom is 0.334 e. The summed E-state index contributed by atoms with van der Waals surface area (Å²) in [5.74, 6) is 0. The second-order valence-electron chi connectivity index (χ2n) is 6.90. The lowest BCUT2D eigenvalue weighted by Crippen LogP contribution is -2.39. The fourth-order valence-electron chi connectivity index (χ4n) is 3.72. The summed E-state index contributed by atoms with van der Waals surface area (Å²) in [6.45, 7) is 0.845. The number of allylic oxidation sites excluding steroid dienone is 2. The SMILES string of the molecule is O=c1n(CC2(F)CCOCC2)c2cc(Br)cnc2n1C1=CCCCC1. The fourth-order valence-corrected chi connectivity index (χ4v) is 4.04. The number of rotatable bonds is 3. The van der Waals surface area contributed by atoms with Gasteiger partial charge in [-0.15, -0.1) is 0 Å². The number of fused-ring (bicyclic) bond motifs is 1. The van der Waals surface area contributed by atoms with E-state index in [-0.39, 0.29) is 12.2 Å². The molecule has 5 nitrogen and oxygen atoms in total. The molecule has 2 aromatic heterocycles. The first kappa shape index (κ1) is 17.0. The molecule has 1 saturated heterocycles. The molecule has 25 heavy (non-hydrogen) atoms. The zero-order chi connectivity index (χ0) is 17.4. The monoisotopic (exact) mass is 409 g/mol. The minimum Gasteiger partial charge on any atom is -0.381 e. The number of halogens is 2. The molecule has 1 aliphatic carbocycles. The Morgan fingerprint density at radius 3 is 2.84 bits per heavy atom. The normalized spacial score (nSPS) is 20.6. The largest absolute Gasteiger partial charge is 0.381 e. The number of nitrogens with zero attached hydrogens (tertiary/aromatic N) is 3. The van der Waals surface area contributed by atoms with Gasteiger partial charge in [0.05, 0.1) is 12.1 Å². The van der Waals surface area contributed by atoms with Gasteiger partial charge >= 0.3 is 5.69 Å². The van der Waals surface area contributed by atoms with Gasteiger partial charge in [0.25, 0.3) is 0 Å². The molecule has 1 aliphatic heterocycles. The highest BCUT2D eigenvalue weighted by atomic mass is 79.9. The predicted octanol–water partition coefficient (Wildman–Crippen LogP) is 3.89. The Kier molecular flexibility index (Phi) is 4.54. The maximum absolute atomic E-state index is 15.2. The van der Waals surface area contributed by atoms with Gasteiger partial charge in [0.15, 0.2) is 5.65 Å². The first-order valence-corrected chi connectivity index (χ1v) is 9.60. The third-order valence-corrected chi connectivity index (χ3v) is 5.56. The molecule has 0 aromatic carbocycles. The van der Waals surface area contributed by atoms with Crippen LogP contribution in [-0.2, 0) is 11.3 Å². The molecule has 7 heteroatoms. The number of imidazole rings is 1. The number of hydrogen-bond donors (Lipinski definition) is 0. The van der Waals surface area contributed by atoms with Crippen LogP contribution in [0.2, 0.25) is 0 Å². The number of ether oxygens (including phenoxy) is 1. The second-order valence-corrected chi connectivity index (χ2v) is 7.82. The molecule has 2 aromatic rings. The fraction of sp³-hybridized carbons (Fsp3) is 0.556. The van der Waals surface area contributed by atoms with Crippen molar-refractivity contribution in [3.05, 3.63) is 33.3 Å². The average molecular weight is 410 g/mol. The zero-order valence-electron chi connectivity index (χ0n) is 14.0. The van der Waals surface area contributed by atoms with E-state index in [9.17, 15) is 4.79 Å². The Morgan fingerprint density at radius 2 is 2.12 bits per heavy atom.